The highest BCUT2D eigenvalue weighted by molar-refractivity contribution is 5.82. The number of ether oxygens (including phenoxy) is 1. The summed E-state index contributed by atoms with van der Waals surface area (Å²) in [6.45, 7) is 2.97. The standard InChI is InChI=1S/C28H31F2N3O4/c1-16(12-17-6-8-22(29)23(30)13-17)33-24-9-7-18-10-11-32(28(36)37-2)15-21(18)25(24)31-26(33)19-4-3-5-20(14-19)27(34)35/h6-9,13,16,19-20H,3-5,10-12,14-15H2,1-2H3,(H,34,35)/t16-,19-,20-/m0/s1. The van der Waals surface area contributed by atoms with Gasteiger partial charge in [0.25, 0.3) is 0 Å². The second kappa shape index (κ2) is 10.1. The molecule has 0 unspecified atom stereocenters. The molecule has 37 heavy (non-hydrogen) atoms. The summed E-state index contributed by atoms with van der Waals surface area (Å²) in [5.74, 6) is -2.18. The molecule has 7 nitrogen and oxygen atoms in total. The van der Waals surface area contributed by atoms with Gasteiger partial charge in [0.05, 0.1) is 30.6 Å². The first-order valence-corrected chi connectivity index (χ1v) is 12.8. The monoisotopic (exact) mass is 511 g/mol. The van der Waals surface area contributed by atoms with Crippen molar-refractivity contribution in [3.63, 3.8) is 0 Å². The predicted molar refractivity (Wildman–Crippen MR) is 133 cm³/mol. The Morgan fingerprint density at radius 3 is 2.73 bits per heavy atom. The van der Waals surface area contributed by atoms with Crippen molar-refractivity contribution in [2.45, 2.75) is 64.0 Å². The highest BCUT2D eigenvalue weighted by atomic mass is 19.2. The fraction of sp³-hybridized carbons (Fsp3) is 0.464. The number of benzene rings is 2. The fourth-order valence-electron chi connectivity index (χ4n) is 6.00. The Bertz CT molecular complexity index is 1350. The molecule has 1 aromatic heterocycles. The average molecular weight is 512 g/mol. The van der Waals surface area contributed by atoms with Gasteiger partial charge >= 0.3 is 12.1 Å². The van der Waals surface area contributed by atoms with Gasteiger partial charge in [0.1, 0.15) is 5.82 Å². The summed E-state index contributed by atoms with van der Waals surface area (Å²) in [7, 11) is 1.37. The lowest BCUT2D eigenvalue weighted by Crippen LogP contribution is -2.35. The number of amides is 1. The maximum absolute atomic E-state index is 13.9. The predicted octanol–water partition coefficient (Wildman–Crippen LogP) is 5.60. The zero-order valence-corrected chi connectivity index (χ0v) is 21.0. The summed E-state index contributed by atoms with van der Waals surface area (Å²) >= 11 is 0. The van der Waals surface area contributed by atoms with E-state index >= 15 is 0 Å². The van der Waals surface area contributed by atoms with Gasteiger partial charge in [-0.25, -0.2) is 18.6 Å². The molecule has 5 rings (SSSR count). The number of hydrogen-bond donors (Lipinski definition) is 1. The third-order valence-corrected chi connectivity index (χ3v) is 7.87. The number of hydrogen-bond acceptors (Lipinski definition) is 4. The van der Waals surface area contributed by atoms with Crippen LogP contribution in [0.15, 0.2) is 30.3 Å². The molecule has 0 spiro atoms. The van der Waals surface area contributed by atoms with Crippen molar-refractivity contribution in [1.82, 2.24) is 14.5 Å². The summed E-state index contributed by atoms with van der Waals surface area (Å²) in [5, 5.41) is 9.68. The van der Waals surface area contributed by atoms with E-state index in [1.165, 1.54) is 13.2 Å². The molecule has 2 aliphatic rings. The van der Waals surface area contributed by atoms with Crippen molar-refractivity contribution in [3.8, 4) is 0 Å². The van der Waals surface area contributed by atoms with Crippen LogP contribution in [0.1, 0.15) is 67.1 Å². The number of aliphatic carboxylic acids is 1. The molecule has 1 N–H and O–H groups in total. The SMILES string of the molecule is COC(=O)N1CCc2ccc3c(nc([C@H]4CCC[C@H](C(=O)O)C4)n3[C@@H](C)Cc3ccc(F)c(F)c3)c2C1. The number of halogens is 2. The third-order valence-electron chi connectivity index (χ3n) is 7.87. The Kier molecular flexibility index (Phi) is 6.88. The van der Waals surface area contributed by atoms with Gasteiger partial charge in [0, 0.05) is 24.1 Å². The molecule has 2 heterocycles. The number of carbonyl (C=O) groups is 2. The number of nitrogens with zero attached hydrogens (tertiary/aromatic N) is 3. The maximum atomic E-state index is 13.9. The Labute approximate surface area is 214 Å². The van der Waals surface area contributed by atoms with Crippen molar-refractivity contribution < 1.29 is 28.2 Å². The molecule has 1 amide bonds. The van der Waals surface area contributed by atoms with Crippen LogP contribution in [0.25, 0.3) is 11.0 Å². The number of imidazole rings is 1. The summed E-state index contributed by atoms with van der Waals surface area (Å²) in [6.07, 6.45) is 3.56. The lowest BCUT2D eigenvalue weighted by atomic mass is 9.81. The first kappa shape index (κ1) is 25.2. The molecule has 3 aromatic rings. The van der Waals surface area contributed by atoms with Crippen LogP contribution in [0.4, 0.5) is 13.6 Å². The summed E-state index contributed by atoms with van der Waals surface area (Å²) in [5.41, 5.74) is 4.47. The smallest absolute Gasteiger partial charge is 0.409 e. The number of carboxylic acids is 1. The Morgan fingerprint density at radius 1 is 1.19 bits per heavy atom. The second-order valence-corrected chi connectivity index (χ2v) is 10.3. The van der Waals surface area contributed by atoms with Gasteiger partial charge in [0.15, 0.2) is 11.6 Å². The van der Waals surface area contributed by atoms with E-state index in [0.29, 0.717) is 44.3 Å². The lowest BCUT2D eigenvalue weighted by molar-refractivity contribution is -0.143. The topological polar surface area (TPSA) is 84.7 Å². The van der Waals surface area contributed by atoms with Crippen molar-refractivity contribution in [1.29, 1.82) is 0 Å². The minimum Gasteiger partial charge on any atom is -0.481 e. The molecule has 2 aromatic carbocycles. The van der Waals surface area contributed by atoms with Crippen LogP contribution in [-0.2, 0) is 28.9 Å². The Morgan fingerprint density at radius 2 is 2.00 bits per heavy atom. The molecule has 1 aliphatic carbocycles. The molecule has 9 heteroatoms. The molecule has 1 fully saturated rings. The van der Waals surface area contributed by atoms with Crippen molar-refractivity contribution in [3.05, 3.63) is 64.5 Å². The van der Waals surface area contributed by atoms with Crippen molar-refractivity contribution in [2.24, 2.45) is 5.92 Å². The Hall–Kier alpha value is -3.49. The number of carboxylic acid groups (broad SMARTS) is 1. The molecular weight excluding hydrogens is 480 g/mol. The number of methoxy groups -OCH3 is 1. The number of rotatable bonds is 5. The largest absolute Gasteiger partial charge is 0.481 e. The van der Waals surface area contributed by atoms with Crippen LogP contribution in [0.3, 0.4) is 0 Å². The lowest BCUT2D eigenvalue weighted by Gasteiger charge is -2.28. The van der Waals surface area contributed by atoms with Crippen LogP contribution in [0.2, 0.25) is 0 Å². The quantitative estimate of drug-likeness (QED) is 0.482. The molecule has 0 radical (unpaired) electrons. The highest BCUT2D eigenvalue weighted by Crippen LogP contribution is 2.40. The third kappa shape index (κ3) is 4.79. The number of carbonyl (C=O) groups excluding carboxylic acids is 1. The van der Waals surface area contributed by atoms with E-state index in [9.17, 15) is 23.5 Å². The van der Waals surface area contributed by atoms with Crippen molar-refractivity contribution in [2.75, 3.05) is 13.7 Å². The second-order valence-electron chi connectivity index (χ2n) is 10.3. The van der Waals surface area contributed by atoms with Gasteiger partial charge in [-0.05, 0) is 68.4 Å². The molecular formula is C28H31F2N3O4. The zero-order valence-electron chi connectivity index (χ0n) is 21.0. The van der Waals surface area contributed by atoms with E-state index in [-0.39, 0.29) is 18.1 Å². The fourth-order valence-corrected chi connectivity index (χ4v) is 6.00. The van der Waals surface area contributed by atoms with Crippen LogP contribution < -0.4 is 0 Å². The summed E-state index contributed by atoms with van der Waals surface area (Å²) in [6, 6.07) is 7.92. The van der Waals surface area contributed by atoms with E-state index in [1.807, 2.05) is 13.0 Å². The van der Waals surface area contributed by atoms with Crippen LogP contribution in [0, 0.1) is 17.6 Å². The zero-order chi connectivity index (χ0) is 26.3. The van der Waals surface area contributed by atoms with Crippen LogP contribution in [0.5, 0.6) is 0 Å². The molecule has 0 bridgehead atoms. The molecule has 196 valence electrons. The van der Waals surface area contributed by atoms with Gasteiger partial charge in [-0.15, -0.1) is 0 Å². The first-order chi connectivity index (χ1) is 17.8. The Balaban J connectivity index is 1.60. The van der Waals surface area contributed by atoms with Gasteiger partial charge in [-0.1, -0.05) is 18.6 Å². The number of aromatic nitrogens is 2. The molecule has 0 saturated heterocycles. The first-order valence-electron chi connectivity index (χ1n) is 12.8. The molecule has 3 atom stereocenters. The minimum atomic E-state index is -0.881. The van der Waals surface area contributed by atoms with Gasteiger partial charge in [0.2, 0.25) is 0 Å². The average Bonchev–Trinajstić information content (AvgIpc) is 3.30. The van der Waals surface area contributed by atoms with Crippen molar-refractivity contribution >= 4 is 23.1 Å². The minimum absolute atomic E-state index is 0.0365. The normalized spacial score (nSPS) is 20.5. The van der Waals surface area contributed by atoms with Crippen LogP contribution >= 0.6 is 0 Å². The van der Waals surface area contributed by atoms with E-state index < -0.39 is 23.5 Å². The number of fused-ring (bicyclic) bond motifs is 3. The van der Waals surface area contributed by atoms with E-state index in [1.54, 1.807) is 11.0 Å². The van der Waals surface area contributed by atoms with E-state index in [4.69, 9.17) is 9.72 Å². The summed E-state index contributed by atoms with van der Waals surface area (Å²) in [4.78, 5) is 30.8. The van der Waals surface area contributed by atoms with E-state index in [2.05, 4.69) is 10.6 Å². The highest BCUT2D eigenvalue weighted by Gasteiger charge is 2.33. The van der Waals surface area contributed by atoms with Gasteiger partial charge in [-0.2, -0.15) is 0 Å². The maximum Gasteiger partial charge on any atom is 0.409 e. The van der Waals surface area contributed by atoms with Gasteiger partial charge in [-0.3, -0.25) is 4.79 Å². The van der Waals surface area contributed by atoms with E-state index in [0.717, 1.165) is 46.9 Å². The summed E-state index contributed by atoms with van der Waals surface area (Å²) < 4.78 is 34.6. The molecule has 1 saturated carbocycles. The van der Waals surface area contributed by atoms with Crippen LogP contribution in [-0.4, -0.2) is 45.3 Å². The van der Waals surface area contributed by atoms with Gasteiger partial charge < -0.3 is 19.3 Å². The molecule has 1 aliphatic heterocycles.